The first-order chi connectivity index (χ1) is 10.1. The van der Waals surface area contributed by atoms with Crippen molar-refractivity contribution in [2.75, 3.05) is 6.26 Å². The van der Waals surface area contributed by atoms with Crippen molar-refractivity contribution in [2.24, 2.45) is 0 Å². The molecule has 0 radical (unpaired) electrons. The van der Waals surface area contributed by atoms with Crippen LogP contribution in [0.5, 0.6) is 5.75 Å². The van der Waals surface area contributed by atoms with Gasteiger partial charge in [-0.05, 0) is 36.4 Å². The highest BCUT2D eigenvalue weighted by Crippen LogP contribution is 2.33. The summed E-state index contributed by atoms with van der Waals surface area (Å²) in [5.74, 6) is 0.108. The molecule has 6 nitrogen and oxygen atoms in total. The summed E-state index contributed by atoms with van der Waals surface area (Å²) >= 11 is 0. The fourth-order valence-corrected chi connectivity index (χ4v) is 3.34. The lowest BCUT2D eigenvalue weighted by Gasteiger charge is -2.02. The number of furan rings is 1. The van der Waals surface area contributed by atoms with Gasteiger partial charge in [-0.2, -0.15) is 8.42 Å². The van der Waals surface area contributed by atoms with E-state index in [-0.39, 0.29) is 10.6 Å². The summed E-state index contributed by atoms with van der Waals surface area (Å²) in [6.45, 7) is 0. The van der Waals surface area contributed by atoms with E-state index in [4.69, 9.17) is 19.3 Å². The Morgan fingerprint density at radius 3 is 2.14 bits per heavy atom. The van der Waals surface area contributed by atoms with E-state index in [1.165, 1.54) is 30.3 Å². The Morgan fingerprint density at radius 1 is 0.955 bits per heavy atom. The Bertz CT molecular complexity index is 1100. The van der Waals surface area contributed by atoms with Crippen molar-refractivity contribution >= 4 is 51.8 Å². The molecule has 0 saturated heterocycles. The highest BCUT2D eigenvalue weighted by atomic mass is 35.7. The molecule has 0 fully saturated rings. The van der Waals surface area contributed by atoms with Crippen LogP contribution < -0.4 is 4.18 Å². The third kappa shape index (κ3) is 2.90. The predicted octanol–water partition coefficient (Wildman–Crippen LogP) is 2.85. The molecule has 1 aromatic heterocycles. The molecule has 0 atom stereocenters. The highest BCUT2D eigenvalue weighted by Gasteiger charge is 2.15. The van der Waals surface area contributed by atoms with Crippen LogP contribution in [-0.2, 0) is 19.2 Å². The average Bonchev–Trinajstić information content (AvgIpc) is 2.73. The number of hydrogen-bond acceptors (Lipinski definition) is 6. The van der Waals surface area contributed by atoms with Crippen LogP contribution in [0.15, 0.2) is 45.7 Å². The molecule has 0 amide bonds. The van der Waals surface area contributed by atoms with Gasteiger partial charge in [0, 0.05) is 21.5 Å². The second kappa shape index (κ2) is 4.87. The standard InChI is InChI=1S/C13H9ClO6S2/c1-21(15,16)20-8-2-4-12-10(6-8)11-7-9(22(14,17)18)3-5-13(11)19-12/h2-7H,1H3. The quantitative estimate of drug-likeness (QED) is 0.527. The van der Waals surface area contributed by atoms with Crippen LogP contribution in [0.2, 0.25) is 0 Å². The van der Waals surface area contributed by atoms with E-state index in [9.17, 15) is 16.8 Å². The Kier molecular flexibility index (Phi) is 3.35. The lowest BCUT2D eigenvalue weighted by molar-refractivity contribution is 0.493. The summed E-state index contributed by atoms with van der Waals surface area (Å²) in [6.07, 6.45) is 0.933. The summed E-state index contributed by atoms with van der Waals surface area (Å²) in [7, 11) is -2.20. The van der Waals surface area contributed by atoms with Crippen molar-refractivity contribution in [2.45, 2.75) is 4.90 Å². The first-order valence-electron chi connectivity index (χ1n) is 5.94. The molecule has 3 aromatic rings. The van der Waals surface area contributed by atoms with Gasteiger partial charge in [-0.1, -0.05) is 0 Å². The number of fused-ring (bicyclic) bond motifs is 3. The zero-order chi connectivity index (χ0) is 16.1. The molecule has 0 aliphatic carbocycles. The van der Waals surface area contributed by atoms with E-state index in [0.29, 0.717) is 21.9 Å². The van der Waals surface area contributed by atoms with Crippen LogP contribution >= 0.6 is 10.7 Å². The fourth-order valence-electron chi connectivity index (χ4n) is 2.11. The molecule has 9 heteroatoms. The third-order valence-corrected chi connectivity index (χ3v) is 4.79. The molecule has 1 heterocycles. The molecule has 0 saturated carbocycles. The van der Waals surface area contributed by atoms with E-state index < -0.39 is 19.2 Å². The van der Waals surface area contributed by atoms with Gasteiger partial charge in [-0.25, -0.2) is 8.42 Å². The van der Waals surface area contributed by atoms with Gasteiger partial charge in [0.25, 0.3) is 9.05 Å². The molecule has 0 N–H and O–H groups in total. The Hall–Kier alpha value is -1.77. The molecule has 0 bridgehead atoms. The SMILES string of the molecule is CS(=O)(=O)Oc1ccc2oc3ccc(S(=O)(=O)Cl)cc3c2c1. The predicted molar refractivity (Wildman–Crippen MR) is 82.2 cm³/mol. The van der Waals surface area contributed by atoms with E-state index in [1.807, 2.05) is 0 Å². The van der Waals surface area contributed by atoms with Crippen molar-refractivity contribution in [3.63, 3.8) is 0 Å². The number of rotatable bonds is 3. The first kappa shape index (κ1) is 15.1. The lowest BCUT2D eigenvalue weighted by atomic mass is 10.1. The van der Waals surface area contributed by atoms with Crippen molar-refractivity contribution in [1.82, 2.24) is 0 Å². The van der Waals surface area contributed by atoms with Gasteiger partial charge in [-0.3, -0.25) is 0 Å². The Balaban J connectivity index is 2.27. The van der Waals surface area contributed by atoms with Gasteiger partial charge < -0.3 is 8.60 Å². The van der Waals surface area contributed by atoms with Crippen LogP contribution in [0.25, 0.3) is 21.9 Å². The van der Waals surface area contributed by atoms with Gasteiger partial charge in [-0.15, -0.1) is 0 Å². The molecular formula is C13H9ClO6S2. The van der Waals surface area contributed by atoms with Crippen molar-refractivity contribution < 1.29 is 25.4 Å². The van der Waals surface area contributed by atoms with Crippen LogP contribution in [0, 0.1) is 0 Å². The van der Waals surface area contributed by atoms with Crippen LogP contribution in [0.4, 0.5) is 0 Å². The Labute approximate surface area is 130 Å². The first-order valence-corrected chi connectivity index (χ1v) is 10.1. The van der Waals surface area contributed by atoms with Crippen molar-refractivity contribution in [1.29, 1.82) is 0 Å². The van der Waals surface area contributed by atoms with Gasteiger partial charge in [0.15, 0.2) is 0 Å². The largest absolute Gasteiger partial charge is 0.456 e. The molecule has 22 heavy (non-hydrogen) atoms. The maximum absolute atomic E-state index is 11.4. The Morgan fingerprint density at radius 2 is 1.55 bits per heavy atom. The zero-order valence-corrected chi connectivity index (χ0v) is 13.5. The van der Waals surface area contributed by atoms with E-state index in [0.717, 1.165) is 6.26 Å². The normalized spacial score (nSPS) is 12.8. The van der Waals surface area contributed by atoms with E-state index in [2.05, 4.69) is 0 Å². The highest BCUT2D eigenvalue weighted by molar-refractivity contribution is 8.13. The molecule has 0 aliphatic rings. The average molecular weight is 361 g/mol. The van der Waals surface area contributed by atoms with Gasteiger partial charge in [0.1, 0.15) is 16.9 Å². The van der Waals surface area contributed by atoms with E-state index >= 15 is 0 Å². The molecule has 116 valence electrons. The minimum Gasteiger partial charge on any atom is -0.456 e. The maximum atomic E-state index is 11.4. The summed E-state index contributed by atoms with van der Waals surface area (Å²) in [6, 6.07) is 8.65. The van der Waals surface area contributed by atoms with Crippen molar-refractivity contribution in [3.8, 4) is 5.75 Å². The number of benzene rings is 2. The summed E-state index contributed by atoms with van der Waals surface area (Å²) in [5, 5.41) is 1.02. The molecule has 0 aliphatic heterocycles. The molecule has 2 aromatic carbocycles. The molecule has 3 rings (SSSR count). The van der Waals surface area contributed by atoms with Gasteiger partial charge in [0.2, 0.25) is 0 Å². The minimum atomic E-state index is -3.88. The van der Waals surface area contributed by atoms with Crippen LogP contribution in [0.1, 0.15) is 0 Å². The maximum Gasteiger partial charge on any atom is 0.306 e. The van der Waals surface area contributed by atoms with Crippen LogP contribution in [-0.4, -0.2) is 23.1 Å². The zero-order valence-electron chi connectivity index (χ0n) is 11.1. The lowest BCUT2D eigenvalue weighted by Crippen LogP contribution is -2.05. The topological polar surface area (TPSA) is 90.7 Å². The smallest absolute Gasteiger partial charge is 0.306 e. The minimum absolute atomic E-state index is 0.0706. The van der Waals surface area contributed by atoms with E-state index in [1.54, 1.807) is 6.07 Å². The molecular weight excluding hydrogens is 352 g/mol. The van der Waals surface area contributed by atoms with Gasteiger partial charge in [0.05, 0.1) is 11.2 Å². The molecule has 0 unspecified atom stereocenters. The third-order valence-electron chi connectivity index (χ3n) is 2.94. The second-order valence-corrected chi connectivity index (χ2v) is 8.78. The summed E-state index contributed by atoms with van der Waals surface area (Å²) < 4.78 is 55.6. The second-order valence-electron chi connectivity index (χ2n) is 4.64. The number of hydrogen-bond donors (Lipinski definition) is 0. The number of halogens is 1. The molecule has 0 spiro atoms. The van der Waals surface area contributed by atoms with Crippen LogP contribution in [0.3, 0.4) is 0 Å². The summed E-state index contributed by atoms with van der Waals surface area (Å²) in [4.78, 5) is -0.0706. The summed E-state index contributed by atoms with van der Waals surface area (Å²) in [5.41, 5.74) is 0.926. The van der Waals surface area contributed by atoms with Crippen molar-refractivity contribution in [3.05, 3.63) is 36.4 Å². The monoisotopic (exact) mass is 360 g/mol. The van der Waals surface area contributed by atoms with Gasteiger partial charge >= 0.3 is 10.1 Å². The fraction of sp³-hybridized carbons (Fsp3) is 0.0769.